The van der Waals surface area contributed by atoms with Gasteiger partial charge in [0.05, 0.1) is 13.2 Å². The molecule has 184 valence electrons. The number of benzene rings is 2. The second-order valence-corrected chi connectivity index (χ2v) is 9.18. The third-order valence-corrected chi connectivity index (χ3v) is 6.95. The van der Waals surface area contributed by atoms with Gasteiger partial charge in [-0.25, -0.2) is 4.39 Å². The van der Waals surface area contributed by atoms with Gasteiger partial charge >= 0.3 is 0 Å². The van der Waals surface area contributed by atoms with Gasteiger partial charge in [0.25, 0.3) is 5.91 Å². The largest absolute Gasteiger partial charge is 0.496 e. The lowest BCUT2D eigenvalue weighted by Gasteiger charge is -2.38. The lowest BCUT2D eigenvalue weighted by Crippen LogP contribution is -2.46. The predicted octanol–water partition coefficient (Wildman–Crippen LogP) is 4.38. The Morgan fingerprint density at radius 3 is 2.76 bits per heavy atom. The van der Waals surface area contributed by atoms with Crippen LogP contribution in [0.3, 0.4) is 0 Å². The predicted molar refractivity (Wildman–Crippen MR) is 129 cm³/mol. The van der Waals surface area contributed by atoms with Crippen molar-refractivity contribution >= 4 is 5.91 Å². The Morgan fingerprint density at radius 1 is 1.06 bits per heavy atom. The third kappa shape index (κ3) is 6.07. The van der Waals surface area contributed by atoms with Crippen molar-refractivity contribution in [3.05, 3.63) is 59.4 Å². The average molecular weight is 471 g/mol. The summed E-state index contributed by atoms with van der Waals surface area (Å²) in [6.07, 6.45) is 4.09. The Hall–Kier alpha value is -2.64. The molecular formula is C27H35FN2O4. The van der Waals surface area contributed by atoms with Crippen molar-refractivity contribution in [2.24, 2.45) is 5.92 Å². The lowest BCUT2D eigenvalue weighted by atomic mass is 9.89. The summed E-state index contributed by atoms with van der Waals surface area (Å²) in [5.74, 6) is 1.49. The number of carbonyl (C=O) groups is 1. The Morgan fingerprint density at radius 2 is 1.94 bits per heavy atom. The minimum absolute atomic E-state index is 0.0553. The Kier molecular flexibility index (Phi) is 8.40. The maximum Gasteiger partial charge on any atom is 0.254 e. The van der Waals surface area contributed by atoms with E-state index >= 15 is 0 Å². The van der Waals surface area contributed by atoms with E-state index in [1.54, 1.807) is 26.4 Å². The van der Waals surface area contributed by atoms with E-state index in [0.717, 1.165) is 37.8 Å². The lowest BCUT2D eigenvalue weighted by molar-refractivity contribution is -0.00677. The van der Waals surface area contributed by atoms with E-state index in [1.807, 2.05) is 29.2 Å². The van der Waals surface area contributed by atoms with Crippen LogP contribution in [0.5, 0.6) is 11.5 Å². The average Bonchev–Trinajstić information content (AvgIpc) is 2.86. The highest BCUT2D eigenvalue weighted by atomic mass is 19.1. The second kappa shape index (κ2) is 11.7. The van der Waals surface area contributed by atoms with Crippen LogP contribution in [0.15, 0.2) is 42.5 Å². The summed E-state index contributed by atoms with van der Waals surface area (Å²) in [4.78, 5) is 17.4. The number of rotatable bonds is 4. The van der Waals surface area contributed by atoms with Crippen LogP contribution in [0.1, 0.15) is 41.6 Å². The van der Waals surface area contributed by atoms with Crippen molar-refractivity contribution < 1.29 is 23.4 Å². The molecule has 0 spiro atoms. The molecule has 2 atom stereocenters. The van der Waals surface area contributed by atoms with Gasteiger partial charge < -0.3 is 19.1 Å². The molecule has 7 heteroatoms. The SMILES string of the molecule is COc1ccc(F)cc1CN1CCCC[C@H]2CN(CC[C@H]2OC)C(=O)c2cccc(c2)OCC1. The van der Waals surface area contributed by atoms with Gasteiger partial charge in [0, 0.05) is 50.3 Å². The summed E-state index contributed by atoms with van der Waals surface area (Å²) in [6.45, 7) is 4.05. The highest BCUT2D eigenvalue weighted by Gasteiger charge is 2.31. The number of methoxy groups -OCH3 is 2. The van der Waals surface area contributed by atoms with Crippen molar-refractivity contribution in [3.63, 3.8) is 0 Å². The fourth-order valence-electron chi connectivity index (χ4n) is 5.10. The number of piperidine rings is 1. The first-order chi connectivity index (χ1) is 16.6. The van der Waals surface area contributed by atoms with Crippen LogP contribution >= 0.6 is 0 Å². The van der Waals surface area contributed by atoms with Crippen molar-refractivity contribution in [2.45, 2.75) is 38.3 Å². The van der Waals surface area contributed by atoms with Gasteiger partial charge in [-0.1, -0.05) is 12.5 Å². The van der Waals surface area contributed by atoms with Gasteiger partial charge in [0.1, 0.15) is 23.9 Å². The van der Waals surface area contributed by atoms with E-state index < -0.39 is 0 Å². The van der Waals surface area contributed by atoms with Gasteiger partial charge in [-0.2, -0.15) is 0 Å². The third-order valence-electron chi connectivity index (χ3n) is 6.95. The van der Waals surface area contributed by atoms with E-state index in [2.05, 4.69) is 4.90 Å². The summed E-state index contributed by atoms with van der Waals surface area (Å²) in [5, 5.41) is 0. The molecule has 0 saturated carbocycles. The first-order valence-corrected chi connectivity index (χ1v) is 12.2. The van der Waals surface area contributed by atoms with E-state index in [0.29, 0.717) is 55.8 Å². The van der Waals surface area contributed by atoms with E-state index in [1.165, 1.54) is 6.07 Å². The smallest absolute Gasteiger partial charge is 0.254 e. The number of ether oxygens (including phenoxy) is 3. The van der Waals surface area contributed by atoms with Crippen molar-refractivity contribution in [2.75, 3.05) is 47.0 Å². The molecule has 0 unspecified atom stereocenters. The van der Waals surface area contributed by atoms with Crippen LogP contribution in [0.2, 0.25) is 0 Å². The summed E-state index contributed by atoms with van der Waals surface area (Å²) in [6, 6.07) is 12.1. The van der Waals surface area contributed by atoms with Gasteiger partial charge in [0.15, 0.2) is 0 Å². The highest BCUT2D eigenvalue weighted by Crippen LogP contribution is 2.27. The molecule has 1 saturated heterocycles. The minimum Gasteiger partial charge on any atom is -0.496 e. The Bertz CT molecular complexity index is 969. The van der Waals surface area contributed by atoms with Gasteiger partial charge in [-0.3, -0.25) is 9.69 Å². The fraction of sp³-hybridized carbons (Fsp3) is 0.519. The maximum atomic E-state index is 13.9. The molecule has 6 nitrogen and oxygen atoms in total. The Labute approximate surface area is 201 Å². The van der Waals surface area contributed by atoms with E-state index in [4.69, 9.17) is 14.2 Å². The number of nitrogens with zero attached hydrogens (tertiary/aromatic N) is 2. The standard InChI is InChI=1S/C27H35FN2O4/c1-32-25-10-9-23(28)16-22(25)18-29-12-4-3-6-21-19-30(13-11-26(21)33-2)27(31)20-7-5-8-24(17-20)34-15-14-29/h5,7-10,16-17,21,26H,3-4,6,11-15,18-19H2,1-2H3/t21-,26+/m0/s1. The molecular weight excluding hydrogens is 435 g/mol. The van der Waals surface area contributed by atoms with E-state index in [9.17, 15) is 9.18 Å². The molecule has 0 radical (unpaired) electrons. The minimum atomic E-state index is -0.265. The Balaban J connectivity index is 1.52. The zero-order chi connectivity index (χ0) is 23.9. The first kappa shape index (κ1) is 24.5. The normalized spacial score (nSPS) is 22.4. The van der Waals surface area contributed by atoms with Crippen molar-refractivity contribution in [1.82, 2.24) is 9.80 Å². The summed E-state index contributed by atoms with van der Waals surface area (Å²) in [5.41, 5.74) is 1.48. The summed E-state index contributed by atoms with van der Waals surface area (Å²) in [7, 11) is 3.38. The van der Waals surface area contributed by atoms with Crippen LogP contribution < -0.4 is 9.47 Å². The number of fused-ring (bicyclic) bond motifs is 4. The van der Waals surface area contributed by atoms with Crippen LogP contribution in [0, 0.1) is 11.7 Å². The molecule has 2 aromatic rings. The molecule has 0 aromatic heterocycles. The molecule has 4 rings (SSSR count). The maximum absolute atomic E-state index is 13.9. The fourth-order valence-corrected chi connectivity index (χ4v) is 5.10. The number of halogens is 1. The summed E-state index contributed by atoms with van der Waals surface area (Å²) < 4.78 is 31.2. The van der Waals surface area contributed by atoms with Gasteiger partial charge in [-0.15, -0.1) is 0 Å². The molecule has 34 heavy (non-hydrogen) atoms. The molecule has 2 aliphatic rings. The molecule has 1 fully saturated rings. The first-order valence-electron chi connectivity index (χ1n) is 12.2. The topological polar surface area (TPSA) is 51.2 Å². The molecule has 2 heterocycles. The molecule has 4 bridgehead atoms. The van der Waals surface area contributed by atoms with Gasteiger partial charge in [0.2, 0.25) is 0 Å². The van der Waals surface area contributed by atoms with E-state index in [-0.39, 0.29) is 17.8 Å². The molecule has 1 amide bonds. The van der Waals surface area contributed by atoms with Crippen LogP contribution in [0.25, 0.3) is 0 Å². The molecule has 2 aliphatic heterocycles. The second-order valence-electron chi connectivity index (χ2n) is 9.18. The van der Waals surface area contributed by atoms with Crippen LogP contribution in [-0.4, -0.2) is 68.8 Å². The zero-order valence-electron chi connectivity index (χ0n) is 20.2. The monoisotopic (exact) mass is 470 g/mol. The van der Waals surface area contributed by atoms with Crippen molar-refractivity contribution in [1.29, 1.82) is 0 Å². The molecule has 2 aromatic carbocycles. The van der Waals surface area contributed by atoms with Gasteiger partial charge in [-0.05, 0) is 62.2 Å². The number of amides is 1. The summed E-state index contributed by atoms with van der Waals surface area (Å²) >= 11 is 0. The number of carbonyl (C=O) groups excluding carboxylic acids is 1. The highest BCUT2D eigenvalue weighted by molar-refractivity contribution is 5.94. The quantitative estimate of drug-likeness (QED) is 0.664. The molecule has 0 aliphatic carbocycles. The number of hydrogen-bond donors (Lipinski definition) is 0. The van der Waals surface area contributed by atoms with Crippen LogP contribution in [-0.2, 0) is 11.3 Å². The zero-order valence-corrected chi connectivity index (χ0v) is 20.2. The van der Waals surface area contributed by atoms with Crippen LogP contribution in [0.4, 0.5) is 4.39 Å². The molecule has 0 N–H and O–H groups in total. The van der Waals surface area contributed by atoms with Crippen molar-refractivity contribution in [3.8, 4) is 11.5 Å². The number of hydrogen-bond acceptors (Lipinski definition) is 5.